The highest BCUT2D eigenvalue weighted by molar-refractivity contribution is 7.90. The Labute approximate surface area is 175 Å². The van der Waals surface area contributed by atoms with Gasteiger partial charge in [0.2, 0.25) is 5.91 Å². The third-order valence-corrected chi connectivity index (χ3v) is 6.45. The lowest BCUT2D eigenvalue weighted by atomic mass is 9.85. The molecule has 1 unspecified atom stereocenters. The van der Waals surface area contributed by atoms with Crippen LogP contribution in [0.2, 0.25) is 0 Å². The maximum Gasteiger partial charge on any atom is 0.241 e. The Hall–Kier alpha value is -2.94. The molecule has 0 bridgehead atoms. The number of carbonyl (C=O) groups is 2. The van der Waals surface area contributed by atoms with E-state index in [0.29, 0.717) is 29.4 Å². The summed E-state index contributed by atoms with van der Waals surface area (Å²) in [5, 5.41) is 4.07. The van der Waals surface area contributed by atoms with Gasteiger partial charge < -0.3 is 9.64 Å². The van der Waals surface area contributed by atoms with Gasteiger partial charge in [0.1, 0.15) is 11.7 Å². The van der Waals surface area contributed by atoms with Crippen LogP contribution in [0.25, 0.3) is 5.57 Å². The number of likely N-dealkylation sites (N-methyl/N-ethyl adjacent to an activating group) is 1. The number of rotatable bonds is 6. The maximum atomic E-state index is 13.4. The average Bonchev–Trinajstić information content (AvgIpc) is 3.42. The monoisotopic (exact) mass is 429 g/mol. The van der Waals surface area contributed by atoms with Gasteiger partial charge in [-0.1, -0.05) is 0 Å². The fraction of sp³-hybridized carbons (Fsp3) is 0.381. The highest BCUT2D eigenvalue weighted by Gasteiger charge is 2.39. The van der Waals surface area contributed by atoms with Crippen molar-refractivity contribution in [2.75, 3.05) is 19.9 Å². The van der Waals surface area contributed by atoms with E-state index in [2.05, 4.69) is 5.10 Å². The molecule has 0 radical (unpaired) electrons. The average molecular weight is 429 g/mol. The van der Waals surface area contributed by atoms with Crippen molar-refractivity contribution in [3.8, 4) is 5.75 Å². The number of hydrogen-bond acceptors (Lipinski definition) is 6. The van der Waals surface area contributed by atoms with E-state index < -0.39 is 21.5 Å². The summed E-state index contributed by atoms with van der Waals surface area (Å²) in [7, 11) is -0.210. The lowest BCUT2D eigenvalue weighted by molar-refractivity contribution is -0.134. The van der Waals surface area contributed by atoms with Crippen molar-refractivity contribution in [3.63, 3.8) is 0 Å². The first-order valence-corrected chi connectivity index (χ1v) is 11.5. The predicted octanol–water partition coefficient (Wildman–Crippen LogP) is 1.78. The van der Waals surface area contributed by atoms with Gasteiger partial charge in [0.05, 0.1) is 17.7 Å². The molecule has 4 rings (SSSR count). The zero-order chi connectivity index (χ0) is 21.6. The number of amides is 1. The Bertz CT molecular complexity index is 1160. The molecule has 2 aromatic rings. The summed E-state index contributed by atoms with van der Waals surface area (Å²) in [5.41, 5.74) is 1.10. The van der Waals surface area contributed by atoms with Crippen LogP contribution < -0.4 is 4.74 Å². The second-order valence-corrected chi connectivity index (χ2v) is 9.94. The molecule has 0 saturated heterocycles. The minimum absolute atomic E-state index is 0.0856. The van der Waals surface area contributed by atoms with Gasteiger partial charge in [-0.2, -0.15) is 5.10 Å². The normalized spacial score (nSPS) is 19.8. The summed E-state index contributed by atoms with van der Waals surface area (Å²) in [4.78, 5) is 27.6. The molecule has 1 aromatic carbocycles. The topological polar surface area (TPSA) is 98.6 Å². The van der Waals surface area contributed by atoms with E-state index in [1.807, 2.05) is 0 Å². The molecule has 8 nitrogen and oxygen atoms in total. The summed E-state index contributed by atoms with van der Waals surface area (Å²) >= 11 is 0. The molecule has 158 valence electrons. The van der Waals surface area contributed by atoms with Crippen LogP contribution in [0.4, 0.5) is 0 Å². The molecule has 1 saturated carbocycles. The molecule has 1 atom stereocenters. The molecule has 1 amide bonds. The van der Waals surface area contributed by atoms with Crippen LogP contribution in [0.5, 0.6) is 5.75 Å². The summed E-state index contributed by atoms with van der Waals surface area (Å²) in [6.45, 7) is 0.507. The fourth-order valence-corrected chi connectivity index (χ4v) is 4.09. The number of Topliss-reactive ketones (excluding diaryl/α,β-unsaturated/α-hetero) is 1. The molecule has 30 heavy (non-hydrogen) atoms. The van der Waals surface area contributed by atoms with Crippen LogP contribution in [0.15, 0.2) is 41.7 Å². The first kappa shape index (κ1) is 20.3. The van der Waals surface area contributed by atoms with Gasteiger partial charge >= 0.3 is 0 Å². The molecule has 9 heteroatoms. The lowest BCUT2D eigenvalue weighted by Crippen LogP contribution is -2.37. The number of aryl methyl sites for hydroxylation is 1. The second kappa shape index (κ2) is 7.39. The van der Waals surface area contributed by atoms with Crippen molar-refractivity contribution in [2.45, 2.75) is 23.7 Å². The molecule has 2 heterocycles. The number of sulfone groups is 1. The third kappa shape index (κ3) is 3.89. The SMILES string of the molecule is CN1C=C(c2cc(S(C)(=O)=O)ccc2OCC2CC2)C(=O)C(c2cnn(C)c2)C1=O. The standard InChI is InChI=1S/C21H23N3O5S/c1-23-11-17(20(25)19(21(23)26)14-9-22-24(2)10-14)16-8-15(30(3,27)28)6-7-18(16)29-12-13-4-5-13/h6-11,13,19H,4-5,12H2,1-3H3. The molecule has 1 fully saturated rings. The van der Waals surface area contributed by atoms with Crippen molar-refractivity contribution in [2.24, 2.45) is 13.0 Å². The van der Waals surface area contributed by atoms with Crippen molar-refractivity contribution in [1.29, 1.82) is 0 Å². The first-order valence-electron chi connectivity index (χ1n) is 9.63. The van der Waals surface area contributed by atoms with E-state index in [1.165, 1.54) is 34.1 Å². The van der Waals surface area contributed by atoms with Crippen LogP contribution in [-0.4, -0.2) is 54.7 Å². The fourth-order valence-electron chi connectivity index (χ4n) is 3.45. The van der Waals surface area contributed by atoms with Crippen molar-refractivity contribution in [1.82, 2.24) is 14.7 Å². The first-order chi connectivity index (χ1) is 14.1. The smallest absolute Gasteiger partial charge is 0.241 e. The molecule has 1 aliphatic heterocycles. The maximum absolute atomic E-state index is 13.4. The zero-order valence-corrected chi connectivity index (χ0v) is 17.8. The van der Waals surface area contributed by atoms with Crippen LogP contribution in [-0.2, 0) is 26.5 Å². The largest absolute Gasteiger partial charge is 0.493 e. The van der Waals surface area contributed by atoms with E-state index in [4.69, 9.17) is 4.74 Å². The number of hydrogen-bond donors (Lipinski definition) is 0. The van der Waals surface area contributed by atoms with Crippen molar-refractivity contribution >= 4 is 27.1 Å². The van der Waals surface area contributed by atoms with Crippen LogP contribution in [0.1, 0.15) is 29.9 Å². The van der Waals surface area contributed by atoms with Gasteiger partial charge in [0.25, 0.3) is 0 Å². The Morgan fingerprint density at radius 3 is 2.53 bits per heavy atom. The molecule has 2 aliphatic rings. The lowest BCUT2D eigenvalue weighted by Gasteiger charge is -2.27. The Morgan fingerprint density at radius 2 is 1.93 bits per heavy atom. The molecular formula is C21H23N3O5S. The van der Waals surface area contributed by atoms with Crippen LogP contribution in [0, 0.1) is 5.92 Å². The number of nitrogens with zero attached hydrogens (tertiary/aromatic N) is 3. The van der Waals surface area contributed by atoms with Gasteiger partial charge in [0, 0.05) is 49.4 Å². The van der Waals surface area contributed by atoms with Crippen molar-refractivity contribution < 1.29 is 22.7 Å². The molecule has 1 aliphatic carbocycles. The Kier molecular flexibility index (Phi) is 5.01. The van der Waals surface area contributed by atoms with E-state index in [-0.39, 0.29) is 16.4 Å². The number of ether oxygens (including phenoxy) is 1. The highest BCUT2D eigenvalue weighted by atomic mass is 32.2. The van der Waals surface area contributed by atoms with Gasteiger partial charge in [-0.05, 0) is 37.0 Å². The van der Waals surface area contributed by atoms with Crippen molar-refractivity contribution in [3.05, 3.63) is 47.9 Å². The van der Waals surface area contributed by atoms with Crippen LogP contribution >= 0.6 is 0 Å². The number of allylic oxidation sites excluding steroid dienone is 1. The number of aromatic nitrogens is 2. The number of carbonyl (C=O) groups excluding carboxylic acids is 2. The zero-order valence-electron chi connectivity index (χ0n) is 17.0. The van der Waals surface area contributed by atoms with Crippen LogP contribution in [0.3, 0.4) is 0 Å². The van der Waals surface area contributed by atoms with E-state index in [0.717, 1.165) is 19.1 Å². The highest BCUT2D eigenvalue weighted by Crippen LogP contribution is 2.38. The quantitative estimate of drug-likeness (QED) is 0.649. The minimum atomic E-state index is -3.49. The Morgan fingerprint density at radius 1 is 1.20 bits per heavy atom. The number of benzene rings is 1. The van der Waals surface area contributed by atoms with E-state index >= 15 is 0 Å². The molecule has 0 spiro atoms. The predicted molar refractivity (Wildman–Crippen MR) is 109 cm³/mol. The second-order valence-electron chi connectivity index (χ2n) is 7.92. The minimum Gasteiger partial charge on any atom is -0.493 e. The van der Waals surface area contributed by atoms with Gasteiger partial charge in [0.15, 0.2) is 15.6 Å². The Balaban J connectivity index is 1.80. The van der Waals surface area contributed by atoms with Gasteiger partial charge in [-0.15, -0.1) is 0 Å². The summed E-state index contributed by atoms with van der Waals surface area (Å²) < 4.78 is 31.7. The van der Waals surface area contributed by atoms with E-state index in [1.54, 1.807) is 26.4 Å². The third-order valence-electron chi connectivity index (χ3n) is 5.34. The molecular weight excluding hydrogens is 406 g/mol. The van der Waals surface area contributed by atoms with Gasteiger partial charge in [-0.3, -0.25) is 14.3 Å². The molecule has 0 N–H and O–H groups in total. The number of ketones is 1. The summed E-state index contributed by atoms with van der Waals surface area (Å²) in [6, 6.07) is 4.51. The summed E-state index contributed by atoms with van der Waals surface area (Å²) in [6.07, 6.45) is 7.88. The molecule has 1 aromatic heterocycles. The summed E-state index contributed by atoms with van der Waals surface area (Å²) in [5.74, 6) is -0.899. The van der Waals surface area contributed by atoms with E-state index in [9.17, 15) is 18.0 Å². The van der Waals surface area contributed by atoms with Gasteiger partial charge in [-0.25, -0.2) is 8.42 Å².